The predicted molar refractivity (Wildman–Crippen MR) is 121 cm³/mol. The number of benzene rings is 3. The van der Waals surface area contributed by atoms with Crippen LogP contribution < -0.4 is 4.90 Å². The molecular formula is C26H25ClFNO. The minimum Gasteiger partial charge on any atom is -0.277 e. The van der Waals surface area contributed by atoms with E-state index in [1.165, 1.54) is 10.5 Å². The monoisotopic (exact) mass is 421 g/mol. The van der Waals surface area contributed by atoms with Gasteiger partial charge in [-0.1, -0.05) is 68.8 Å². The molecule has 1 aliphatic rings. The lowest BCUT2D eigenvalue weighted by molar-refractivity contribution is -0.120. The lowest BCUT2D eigenvalue weighted by Gasteiger charge is -2.27. The Kier molecular flexibility index (Phi) is 4.78. The Bertz CT molecular complexity index is 1150. The first-order valence-corrected chi connectivity index (χ1v) is 10.4. The van der Waals surface area contributed by atoms with Crippen molar-refractivity contribution in [3.63, 3.8) is 0 Å². The zero-order chi connectivity index (χ0) is 21.8. The molecule has 1 heterocycles. The number of aryl methyl sites for hydroxylation is 1. The number of rotatable bonds is 2. The predicted octanol–water partition coefficient (Wildman–Crippen LogP) is 7.07. The second-order valence-electron chi connectivity index (χ2n) is 9.16. The molecule has 0 radical (unpaired) electrons. The standard InChI is InChI=1S/C26H25ClFNO/c1-16-7-6-8-22(23(16)28)29-21-14-13-19(27)15-20(21)26(5,24(29)30)18-11-9-17(10-12-18)25(2,3)4/h6-15H,1-5H3. The molecule has 0 bridgehead atoms. The van der Waals surface area contributed by atoms with Crippen molar-refractivity contribution in [3.8, 4) is 0 Å². The van der Waals surface area contributed by atoms with Gasteiger partial charge < -0.3 is 0 Å². The summed E-state index contributed by atoms with van der Waals surface area (Å²) < 4.78 is 15.0. The van der Waals surface area contributed by atoms with E-state index in [0.717, 1.165) is 11.1 Å². The molecule has 1 amide bonds. The quantitative estimate of drug-likeness (QED) is 0.433. The number of carbonyl (C=O) groups excluding carboxylic acids is 1. The summed E-state index contributed by atoms with van der Waals surface area (Å²) in [5, 5.41) is 0.547. The molecule has 1 aliphatic heterocycles. The van der Waals surface area contributed by atoms with Crippen molar-refractivity contribution in [3.05, 3.63) is 93.8 Å². The molecule has 4 rings (SSSR count). The Morgan fingerprint density at radius 3 is 2.27 bits per heavy atom. The minimum atomic E-state index is -0.965. The Balaban J connectivity index is 1.93. The highest BCUT2D eigenvalue weighted by Crippen LogP contribution is 2.50. The maximum atomic E-state index is 15.0. The molecule has 0 spiro atoms. The first kappa shape index (κ1) is 20.6. The number of hydrogen-bond donors (Lipinski definition) is 0. The number of anilines is 2. The summed E-state index contributed by atoms with van der Waals surface area (Å²) >= 11 is 6.32. The highest BCUT2D eigenvalue weighted by molar-refractivity contribution is 6.31. The Labute approximate surface area is 182 Å². The maximum absolute atomic E-state index is 15.0. The Hall–Kier alpha value is -2.65. The van der Waals surface area contributed by atoms with E-state index in [0.29, 0.717) is 16.3 Å². The summed E-state index contributed by atoms with van der Waals surface area (Å²) in [7, 11) is 0. The molecule has 1 atom stereocenters. The first-order valence-electron chi connectivity index (χ1n) is 10.1. The molecule has 0 saturated heterocycles. The van der Waals surface area contributed by atoms with Crippen LogP contribution >= 0.6 is 11.6 Å². The summed E-state index contributed by atoms with van der Waals surface area (Å²) in [4.78, 5) is 15.3. The number of halogens is 2. The largest absolute Gasteiger partial charge is 0.277 e. The molecule has 0 saturated carbocycles. The van der Waals surface area contributed by atoms with Gasteiger partial charge in [0.1, 0.15) is 5.82 Å². The van der Waals surface area contributed by atoms with Crippen LogP contribution in [0.5, 0.6) is 0 Å². The third-order valence-electron chi connectivity index (χ3n) is 6.11. The van der Waals surface area contributed by atoms with Gasteiger partial charge in [0.2, 0.25) is 5.91 Å². The van der Waals surface area contributed by atoms with Crippen LogP contribution in [0.15, 0.2) is 60.7 Å². The van der Waals surface area contributed by atoms with Crippen LogP contribution in [0.1, 0.15) is 49.9 Å². The van der Waals surface area contributed by atoms with E-state index in [1.807, 2.05) is 25.1 Å². The van der Waals surface area contributed by atoms with Crippen molar-refractivity contribution in [2.75, 3.05) is 4.90 Å². The van der Waals surface area contributed by atoms with Gasteiger partial charge in [-0.25, -0.2) is 4.39 Å². The fourth-order valence-corrected chi connectivity index (χ4v) is 4.35. The van der Waals surface area contributed by atoms with Crippen molar-refractivity contribution >= 4 is 28.9 Å². The van der Waals surface area contributed by atoms with Crippen LogP contribution in [-0.4, -0.2) is 5.91 Å². The van der Waals surface area contributed by atoms with Gasteiger partial charge in [-0.3, -0.25) is 9.69 Å². The summed E-state index contributed by atoms with van der Waals surface area (Å²) in [5.74, 6) is -0.577. The normalized spacial score (nSPS) is 18.6. The van der Waals surface area contributed by atoms with Crippen LogP contribution in [0.2, 0.25) is 5.02 Å². The molecular weight excluding hydrogens is 397 g/mol. The van der Waals surface area contributed by atoms with E-state index in [1.54, 1.807) is 37.3 Å². The number of nitrogens with zero attached hydrogens (tertiary/aromatic N) is 1. The lowest BCUT2D eigenvalue weighted by atomic mass is 9.76. The van der Waals surface area contributed by atoms with Crippen LogP contribution in [0.25, 0.3) is 0 Å². The summed E-state index contributed by atoms with van der Waals surface area (Å²) in [6, 6.07) is 18.6. The highest BCUT2D eigenvalue weighted by atomic mass is 35.5. The average Bonchev–Trinajstić information content (AvgIpc) is 2.92. The zero-order valence-corrected chi connectivity index (χ0v) is 18.6. The van der Waals surface area contributed by atoms with Gasteiger partial charge in [0.25, 0.3) is 0 Å². The smallest absolute Gasteiger partial charge is 0.246 e. The van der Waals surface area contributed by atoms with Gasteiger partial charge in [-0.15, -0.1) is 0 Å². The fourth-order valence-electron chi connectivity index (χ4n) is 4.18. The van der Waals surface area contributed by atoms with Gasteiger partial charge in [-0.2, -0.15) is 0 Å². The molecule has 3 aromatic carbocycles. The molecule has 3 aromatic rings. The SMILES string of the molecule is Cc1cccc(N2C(=O)C(C)(c3ccc(C(C)(C)C)cc3)c3cc(Cl)ccc32)c1F. The highest BCUT2D eigenvalue weighted by Gasteiger charge is 2.50. The third kappa shape index (κ3) is 3.04. The van der Waals surface area contributed by atoms with E-state index < -0.39 is 5.41 Å². The molecule has 30 heavy (non-hydrogen) atoms. The molecule has 0 aromatic heterocycles. The number of hydrogen-bond acceptors (Lipinski definition) is 1. The summed E-state index contributed by atoms with van der Waals surface area (Å²) in [6.07, 6.45) is 0. The van der Waals surface area contributed by atoms with Crippen molar-refractivity contribution in [2.24, 2.45) is 0 Å². The van der Waals surface area contributed by atoms with Crippen molar-refractivity contribution < 1.29 is 9.18 Å². The van der Waals surface area contributed by atoms with Crippen LogP contribution in [-0.2, 0) is 15.6 Å². The average molecular weight is 422 g/mol. The summed E-state index contributed by atoms with van der Waals surface area (Å²) in [5.41, 5.74) is 3.30. The number of carbonyl (C=O) groups is 1. The zero-order valence-electron chi connectivity index (χ0n) is 17.9. The molecule has 4 heteroatoms. The van der Waals surface area contributed by atoms with E-state index >= 15 is 4.39 Å². The van der Waals surface area contributed by atoms with Gasteiger partial charge in [0, 0.05) is 5.02 Å². The van der Waals surface area contributed by atoms with E-state index in [-0.39, 0.29) is 22.8 Å². The molecule has 0 fully saturated rings. The van der Waals surface area contributed by atoms with Gasteiger partial charge in [0.05, 0.1) is 16.8 Å². The number of fused-ring (bicyclic) bond motifs is 1. The van der Waals surface area contributed by atoms with Crippen molar-refractivity contribution in [2.45, 2.75) is 45.4 Å². The molecule has 0 N–H and O–H groups in total. The van der Waals surface area contributed by atoms with Crippen LogP contribution in [0.4, 0.5) is 15.8 Å². The Morgan fingerprint density at radius 2 is 1.63 bits per heavy atom. The topological polar surface area (TPSA) is 20.3 Å². The van der Waals surface area contributed by atoms with Gasteiger partial charge in [0.15, 0.2) is 0 Å². The second-order valence-corrected chi connectivity index (χ2v) is 9.60. The first-order chi connectivity index (χ1) is 14.0. The summed E-state index contributed by atoms with van der Waals surface area (Å²) in [6.45, 7) is 10.1. The minimum absolute atomic E-state index is 0.0110. The molecule has 2 nitrogen and oxygen atoms in total. The third-order valence-corrected chi connectivity index (χ3v) is 6.34. The van der Waals surface area contributed by atoms with Gasteiger partial charge >= 0.3 is 0 Å². The van der Waals surface area contributed by atoms with E-state index in [2.05, 4.69) is 32.9 Å². The fraction of sp³-hybridized carbons (Fsp3) is 0.269. The number of amides is 1. The lowest BCUT2D eigenvalue weighted by Crippen LogP contribution is -2.37. The molecule has 1 unspecified atom stereocenters. The molecule has 0 aliphatic carbocycles. The van der Waals surface area contributed by atoms with Crippen molar-refractivity contribution in [1.82, 2.24) is 0 Å². The maximum Gasteiger partial charge on any atom is 0.246 e. The van der Waals surface area contributed by atoms with E-state index in [4.69, 9.17) is 11.6 Å². The van der Waals surface area contributed by atoms with Crippen molar-refractivity contribution in [1.29, 1.82) is 0 Å². The van der Waals surface area contributed by atoms with Crippen LogP contribution in [0.3, 0.4) is 0 Å². The Morgan fingerprint density at radius 1 is 0.967 bits per heavy atom. The van der Waals surface area contributed by atoms with E-state index in [9.17, 15) is 4.79 Å². The second kappa shape index (κ2) is 6.95. The van der Waals surface area contributed by atoms with Crippen LogP contribution in [0, 0.1) is 12.7 Å². The molecule has 154 valence electrons. The van der Waals surface area contributed by atoms with Gasteiger partial charge in [-0.05, 0) is 65.8 Å².